The number of carbonyl (C=O) groups is 2. The van der Waals surface area contributed by atoms with Gasteiger partial charge < -0.3 is 10.2 Å². The first-order valence-corrected chi connectivity index (χ1v) is 8.40. The zero-order chi connectivity index (χ0) is 19.2. The highest BCUT2D eigenvalue weighted by atomic mass is 16.4. The van der Waals surface area contributed by atoms with Gasteiger partial charge in [0.25, 0.3) is 5.91 Å². The summed E-state index contributed by atoms with van der Waals surface area (Å²) in [5.74, 6) is -1.82. The van der Waals surface area contributed by atoms with E-state index in [4.69, 9.17) is 0 Å². The van der Waals surface area contributed by atoms with Gasteiger partial charge >= 0.3 is 5.97 Å². The number of carboxylic acids is 1. The van der Waals surface area contributed by atoms with Crippen molar-refractivity contribution < 1.29 is 19.8 Å². The number of carboxylic acid groups (broad SMARTS) is 1. The summed E-state index contributed by atoms with van der Waals surface area (Å²) in [7, 11) is 0. The van der Waals surface area contributed by atoms with Crippen LogP contribution in [-0.4, -0.2) is 44.4 Å². The predicted octanol–water partition coefficient (Wildman–Crippen LogP) is 2.11. The lowest BCUT2D eigenvalue weighted by Crippen LogP contribution is -2.51. The maximum absolute atomic E-state index is 13.2. The van der Waals surface area contributed by atoms with Crippen molar-refractivity contribution in [3.05, 3.63) is 84.2 Å². The molecule has 0 bridgehead atoms. The zero-order valence-electron chi connectivity index (χ0n) is 14.4. The van der Waals surface area contributed by atoms with E-state index in [1.165, 1.54) is 17.3 Å². The molecule has 7 nitrogen and oxygen atoms in total. The molecular formula is C20H19N3O4. The first-order valence-electron chi connectivity index (χ1n) is 8.40. The average molecular weight is 365 g/mol. The van der Waals surface area contributed by atoms with Crippen LogP contribution in [0, 0.1) is 0 Å². The molecule has 0 spiro atoms. The van der Waals surface area contributed by atoms with Gasteiger partial charge in [-0.25, -0.2) is 4.79 Å². The fourth-order valence-corrected chi connectivity index (χ4v) is 2.92. The van der Waals surface area contributed by atoms with E-state index in [-0.39, 0.29) is 6.42 Å². The molecule has 0 fully saturated rings. The number of benzene rings is 2. The Balaban J connectivity index is 2.04. The Morgan fingerprint density at radius 2 is 1.67 bits per heavy atom. The number of nitrogens with zero attached hydrogens (tertiary/aromatic N) is 2. The predicted molar refractivity (Wildman–Crippen MR) is 99.4 cm³/mol. The molecule has 0 saturated heterocycles. The van der Waals surface area contributed by atoms with E-state index < -0.39 is 24.0 Å². The number of H-pyrrole nitrogens is 1. The molecular weight excluding hydrogens is 346 g/mol. The number of carbonyl (C=O) groups excluding carboxylic acids is 1. The second-order valence-electron chi connectivity index (χ2n) is 6.04. The maximum atomic E-state index is 13.2. The van der Waals surface area contributed by atoms with Crippen LogP contribution in [0.25, 0.3) is 0 Å². The van der Waals surface area contributed by atoms with Gasteiger partial charge in [0, 0.05) is 11.8 Å². The van der Waals surface area contributed by atoms with Crippen molar-refractivity contribution in [3.63, 3.8) is 0 Å². The first kappa shape index (κ1) is 18.3. The minimum atomic E-state index is -1.77. The fraction of sp³-hybridized carbons (Fsp3) is 0.150. The third-order valence-electron chi connectivity index (χ3n) is 4.24. The van der Waals surface area contributed by atoms with Crippen molar-refractivity contribution in [1.29, 1.82) is 0 Å². The van der Waals surface area contributed by atoms with Crippen LogP contribution in [0.15, 0.2) is 73.1 Å². The second kappa shape index (κ2) is 8.29. The Bertz CT molecular complexity index is 882. The smallest absolute Gasteiger partial charge is 0.334 e. The molecule has 0 aliphatic rings. The quantitative estimate of drug-likeness (QED) is 0.595. The molecule has 27 heavy (non-hydrogen) atoms. The fourth-order valence-electron chi connectivity index (χ4n) is 2.92. The molecule has 1 aromatic heterocycles. The van der Waals surface area contributed by atoms with Crippen molar-refractivity contribution >= 4 is 17.6 Å². The Hall–Kier alpha value is -3.45. The van der Waals surface area contributed by atoms with Gasteiger partial charge in [-0.05, 0) is 24.1 Å². The maximum Gasteiger partial charge on any atom is 0.334 e. The number of aliphatic carboxylic acids is 1. The molecule has 0 radical (unpaired) electrons. The largest absolute Gasteiger partial charge is 0.479 e. The molecule has 2 aromatic carbocycles. The van der Waals surface area contributed by atoms with Crippen LogP contribution in [0.4, 0.5) is 5.69 Å². The summed E-state index contributed by atoms with van der Waals surface area (Å²) in [5, 5.41) is 26.3. The SMILES string of the molecule is O=C(O)[C@H](O)[C@@H](Cc1ccccc1)N(C(=O)c1ccccc1)c1cn[nH]c1. The van der Waals surface area contributed by atoms with Crippen LogP contribution in [-0.2, 0) is 11.2 Å². The minimum absolute atomic E-state index is 0.165. The summed E-state index contributed by atoms with van der Waals surface area (Å²) in [6.45, 7) is 0. The average Bonchev–Trinajstić information content (AvgIpc) is 3.22. The van der Waals surface area contributed by atoms with Crippen molar-refractivity contribution in [2.24, 2.45) is 0 Å². The van der Waals surface area contributed by atoms with Crippen LogP contribution in [0.5, 0.6) is 0 Å². The van der Waals surface area contributed by atoms with Gasteiger partial charge in [-0.3, -0.25) is 14.8 Å². The highest BCUT2D eigenvalue weighted by molar-refractivity contribution is 6.06. The topological polar surface area (TPSA) is 107 Å². The van der Waals surface area contributed by atoms with E-state index in [1.807, 2.05) is 30.3 Å². The molecule has 3 rings (SSSR count). The lowest BCUT2D eigenvalue weighted by atomic mass is 9.98. The molecule has 0 aliphatic heterocycles. The lowest BCUT2D eigenvalue weighted by Gasteiger charge is -2.32. The molecule has 0 aliphatic carbocycles. The molecule has 7 heteroatoms. The standard InChI is InChI=1S/C20H19N3O4/c24-18(20(26)27)17(11-14-7-3-1-4-8-14)23(16-12-21-22-13-16)19(25)15-9-5-2-6-10-15/h1-10,12-13,17-18,24H,11H2,(H,21,22)(H,26,27)/t17-,18-/m1/s1. The van der Waals surface area contributed by atoms with Crippen LogP contribution >= 0.6 is 0 Å². The second-order valence-corrected chi connectivity index (χ2v) is 6.04. The van der Waals surface area contributed by atoms with Gasteiger partial charge in [-0.1, -0.05) is 48.5 Å². The van der Waals surface area contributed by atoms with Crippen molar-refractivity contribution in [2.45, 2.75) is 18.6 Å². The van der Waals surface area contributed by atoms with Gasteiger partial charge in [0.1, 0.15) is 0 Å². The van der Waals surface area contributed by atoms with Gasteiger partial charge in [0.15, 0.2) is 6.10 Å². The number of anilines is 1. The summed E-state index contributed by atoms with van der Waals surface area (Å²) in [4.78, 5) is 26.0. The van der Waals surface area contributed by atoms with Gasteiger partial charge in [-0.2, -0.15) is 5.10 Å². The summed E-state index contributed by atoms with van der Waals surface area (Å²) in [6, 6.07) is 16.6. The normalized spacial score (nSPS) is 12.9. The van der Waals surface area contributed by atoms with Crippen molar-refractivity contribution in [2.75, 3.05) is 4.90 Å². The summed E-state index contributed by atoms with van der Waals surface area (Å²) >= 11 is 0. The summed E-state index contributed by atoms with van der Waals surface area (Å²) in [6.07, 6.45) is 1.31. The summed E-state index contributed by atoms with van der Waals surface area (Å²) in [5.41, 5.74) is 1.57. The minimum Gasteiger partial charge on any atom is -0.479 e. The van der Waals surface area contributed by atoms with E-state index >= 15 is 0 Å². The van der Waals surface area contributed by atoms with Crippen LogP contribution < -0.4 is 4.90 Å². The molecule has 3 aromatic rings. The number of nitrogens with one attached hydrogen (secondary N) is 1. The Morgan fingerprint density at radius 1 is 1.04 bits per heavy atom. The molecule has 1 heterocycles. The Morgan fingerprint density at radius 3 is 2.22 bits per heavy atom. The monoisotopic (exact) mass is 365 g/mol. The van der Waals surface area contributed by atoms with Gasteiger partial charge in [-0.15, -0.1) is 0 Å². The number of hydrogen-bond donors (Lipinski definition) is 3. The number of rotatable bonds is 7. The number of aliphatic hydroxyl groups excluding tert-OH is 1. The third kappa shape index (κ3) is 4.21. The highest BCUT2D eigenvalue weighted by Crippen LogP contribution is 2.23. The van der Waals surface area contributed by atoms with E-state index in [2.05, 4.69) is 10.2 Å². The molecule has 0 unspecified atom stereocenters. The number of hydrogen-bond acceptors (Lipinski definition) is 4. The van der Waals surface area contributed by atoms with Crippen LogP contribution in [0.3, 0.4) is 0 Å². The van der Waals surface area contributed by atoms with E-state index in [9.17, 15) is 19.8 Å². The molecule has 138 valence electrons. The molecule has 0 saturated carbocycles. The number of aromatic amines is 1. The lowest BCUT2D eigenvalue weighted by molar-refractivity contribution is -0.147. The Kier molecular flexibility index (Phi) is 5.63. The van der Waals surface area contributed by atoms with Crippen LogP contribution in [0.1, 0.15) is 15.9 Å². The van der Waals surface area contributed by atoms with E-state index in [0.29, 0.717) is 11.3 Å². The van der Waals surface area contributed by atoms with Crippen molar-refractivity contribution in [1.82, 2.24) is 10.2 Å². The molecule has 3 N–H and O–H groups in total. The van der Waals surface area contributed by atoms with Crippen molar-refractivity contribution in [3.8, 4) is 0 Å². The van der Waals surface area contributed by atoms with E-state index in [1.54, 1.807) is 30.3 Å². The zero-order valence-corrected chi connectivity index (χ0v) is 14.4. The van der Waals surface area contributed by atoms with E-state index in [0.717, 1.165) is 5.56 Å². The number of aromatic nitrogens is 2. The Labute approximate surface area is 155 Å². The first-order chi connectivity index (χ1) is 13.1. The van der Waals surface area contributed by atoms with Gasteiger partial charge in [0.2, 0.25) is 0 Å². The third-order valence-corrected chi connectivity index (χ3v) is 4.24. The molecule has 2 atom stereocenters. The van der Waals surface area contributed by atoms with Gasteiger partial charge in [0.05, 0.1) is 17.9 Å². The molecule has 1 amide bonds. The number of amides is 1. The highest BCUT2D eigenvalue weighted by Gasteiger charge is 2.36. The summed E-state index contributed by atoms with van der Waals surface area (Å²) < 4.78 is 0. The van der Waals surface area contributed by atoms with Crippen LogP contribution in [0.2, 0.25) is 0 Å². The number of aliphatic hydroxyl groups is 1.